The Morgan fingerprint density at radius 3 is 2.52 bits per heavy atom. The molecule has 0 unspecified atom stereocenters. The normalized spacial score (nSPS) is 19.4. The predicted molar refractivity (Wildman–Crippen MR) is 106 cm³/mol. The smallest absolute Gasteiger partial charge is 0.254 e. The van der Waals surface area contributed by atoms with Crippen LogP contribution in [0.5, 0.6) is 11.5 Å². The van der Waals surface area contributed by atoms with Gasteiger partial charge in [-0.15, -0.1) is 0 Å². The van der Waals surface area contributed by atoms with Crippen LogP contribution < -0.4 is 15.2 Å². The zero-order valence-corrected chi connectivity index (χ0v) is 16.2. The van der Waals surface area contributed by atoms with Crippen LogP contribution in [0.3, 0.4) is 0 Å². The minimum atomic E-state index is 0.00118. The molecule has 1 amide bonds. The van der Waals surface area contributed by atoms with Crippen molar-refractivity contribution in [1.29, 1.82) is 0 Å². The molecule has 1 aliphatic rings. The lowest BCUT2D eigenvalue weighted by molar-refractivity contribution is 0.0786. The van der Waals surface area contributed by atoms with E-state index >= 15 is 0 Å². The standard InChI is InChI=1S/C22H28N2O3/c1-15(2)27-20-10-9-17(11-21(20)26-3)22(25)24-13-18(12-23)19(14-24)16-7-5-4-6-8-16/h4-11,15,18-19H,12-14,23H2,1-3H3/t18-,19+/m1/s1. The molecule has 1 fully saturated rings. The number of carbonyl (C=O) groups excluding carboxylic acids is 1. The number of carbonyl (C=O) groups is 1. The molecule has 3 rings (SSSR count). The van der Waals surface area contributed by atoms with E-state index in [9.17, 15) is 4.79 Å². The maximum Gasteiger partial charge on any atom is 0.254 e. The zero-order chi connectivity index (χ0) is 19.4. The van der Waals surface area contributed by atoms with E-state index < -0.39 is 0 Å². The van der Waals surface area contributed by atoms with Gasteiger partial charge in [-0.2, -0.15) is 0 Å². The molecule has 2 N–H and O–H groups in total. The second-order valence-electron chi connectivity index (χ2n) is 7.26. The Bertz CT molecular complexity index is 776. The molecule has 2 aromatic rings. The van der Waals surface area contributed by atoms with Crippen molar-refractivity contribution < 1.29 is 14.3 Å². The minimum absolute atomic E-state index is 0.00118. The first-order valence-corrected chi connectivity index (χ1v) is 9.42. The molecule has 0 aromatic heterocycles. The molecule has 2 aromatic carbocycles. The maximum absolute atomic E-state index is 13.1. The minimum Gasteiger partial charge on any atom is -0.493 e. The van der Waals surface area contributed by atoms with E-state index in [4.69, 9.17) is 15.2 Å². The number of hydrogen-bond acceptors (Lipinski definition) is 4. The lowest BCUT2D eigenvalue weighted by Gasteiger charge is -2.18. The molecular formula is C22H28N2O3. The first-order chi connectivity index (χ1) is 13.0. The Morgan fingerprint density at radius 1 is 1.15 bits per heavy atom. The molecule has 1 aliphatic heterocycles. The van der Waals surface area contributed by atoms with Gasteiger partial charge in [-0.1, -0.05) is 30.3 Å². The number of amides is 1. The molecular weight excluding hydrogens is 340 g/mol. The van der Waals surface area contributed by atoms with Crippen molar-refractivity contribution in [2.75, 3.05) is 26.7 Å². The van der Waals surface area contributed by atoms with Crippen LogP contribution in [-0.2, 0) is 0 Å². The fourth-order valence-electron chi connectivity index (χ4n) is 3.69. The molecule has 5 nitrogen and oxygen atoms in total. The average molecular weight is 368 g/mol. The van der Waals surface area contributed by atoms with E-state index in [0.717, 1.165) is 0 Å². The fraction of sp³-hybridized carbons (Fsp3) is 0.409. The largest absolute Gasteiger partial charge is 0.493 e. The molecule has 144 valence electrons. The van der Waals surface area contributed by atoms with Gasteiger partial charge in [0.2, 0.25) is 0 Å². The monoisotopic (exact) mass is 368 g/mol. The van der Waals surface area contributed by atoms with E-state index in [1.54, 1.807) is 25.3 Å². The third kappa shape index (κ3) is 4.25. The highest BCUT2D eigenvalue weighted by Gasteiger charge is 2.35. The summed E-state index contributed by atoms with van der Waals surface area (Å²) in [6.45, 7) is 5.82. The van der Waals surface area contributed by atoms with Gasteiger partial charge in [-0.05, 0) is 50.1 Å². The summed E-state index contributed by atoms with van der Waals surface area (Å²) in [7, 11) is 1.59. The number of hydrogen-bond donors (Lipinski definition) is 1. The van der Waals surface area contributed by atoms with Gasteiger partial charge < -0.3 is 20.1 Å². The number of methoxy groups -OCH3 is 1. The van der Waals surface area contributed by atoms with Crippen LogP contribution >= 0.6 is 0 Å². The van der Waals surface area contributed by atoms with Crippen LogP contribution in [0.25, 0.3) is 0 Å². The Morgan fingerprint density at radius 2 is 1.89 bits per heavy atom. The van der Waals surface area contributed by atoms with Gasteiger partial charge in [-0.25, -0.2) is 0 Å². The van der Waals surface area contributed by atoms with Gasteiger partial charge in [0.1, 0.15) is 0 Å². The number of likely N-dealkylation sites (tertiary alicyclic amines) is 1. The van der Waals surface area contributed by atoms with Crippen molar-refractivity contribution in [3.8, 4) is 11.5 Å². The Hall–Kier alpha value is -2.53. The van der Waals surface area contributed by atoms with E-state index in [1.807, 2.05) is 36.9 Å². The molecule has 1 heterocycles. The van der Waals surface area contributed by atoms with Gasteiger partial charge in [0, 0.05) is 24.6 Å². The summed E-state index contributed by atoms with van der Waals surface area (Å²) in [5.41, 5.74) is 7.84. The van der Waals surface area contributed by atoms with Crippen LogP contribution in [0, 0.1) is 5.92 Å². The number of nitrogens with two attached hydrogens (primary N) is 1. The molecule has 27 heavy (non-hydrogen) atoms. The van der Waals surface area contributed by atoms with Gasteiger partial charge in [0.15, 0.2) is 11.5 Å². The lowest BCUT2D eigenvalue weighted by atomic mass is 9.89. The highest BCUT2D eigenvalue weighted by Crippen LogP contribution is 2.34. The summed E-state index contributed by atoms with van der Waals surface area (Å²) in [6.07, 6.45) is 0.0379. The second kappa shape index (κ2) is 8.44. The topological polar surface area (TPSA) is 64.8 Å². The van der Waals surface area contributed by atoms with Crippen molar-refractivity contribution in [2.24, 2.45) is 11.7 Å². The zero-order valence-electron chi connectivity index (χ0n) is 16.2. The summed E-state index contributed by atoms with van der Waals surface area (Å²) in [6, 6.07) is 15.7. The summed E-state index contributed by atoms with van der Waals surface area (Å²) >= 11 is 0. The van der Waals surface area contributed by atoms with Gasteiger partial charge >= 0.3 is 0 Å². The third-order valence-electron chi connectivity index (χ3n) is 5.03. The molecule has 0 radical (unpaired) electrons. The van der Waals surface area contributed by atoms with Crippen LogP contribution in [-0.4, -0.2) is 43.7 Å². The number of nitrogens with zero attached hydrogens (tertiary/aromatic N) is 1. The van der Waals surface area contributed by atoms with E-state index in [2.05, 4.69) is 12.1 Å². The fourth-order valence-corrected chi connectivity index (χ4v) is 3.69. The summed E-state index contributed by atoms with van der Waals surface area (Å²) in [4.78, 5) is 15.0. The van der Waals surface area contributed by atoms with Gasteiger partial charge in [-0.3, -0.25) is 4.79 Å². The van der Waals surface area contributed by atoms with Crippen LogP contribution in [0.2, 0.25) is 0 Å². The van der Waals surface area contributed by atoms with E-state index in [0.29, 0.717) is 36.7 Å². The Kier molecular flexibility index (Phi) is 6.01. The van der Waals surface area contributed by atoms with Crippen molar-refractivity contribution >= 4 is 5.91 Å². The SMILES string of the molecule is COc1cc(C(=O)N2C[C@@H](CN)[C@H](c3ccccc3)C2)ccc1OC(C)C. The lowest BCUT2D eigenvalue weighted by Crippen LogP contribution is -2.29. The molecule has 0 bridgehead atoms. The number of benzene rings is 2. The van der Waals surface area contributed by atoms with Crippen LogP contribution in [0.4, 0.5) is 0 Å². The van der Waals surface area contributed by atoms with Crippen molar-refractivity contribution in [1.82, 2.24) is 4.90 Å². The molecule has 0 saturated carbocycles. The van der Waals surface area contributed by atoms with Crippen molar-refractivity contribution in [2.45, 2.75) is 25.9 Å². The van der Waals surface area contributed by atoms with Crippen LogP contribution in [0.1, 0.15) is 35.7 Å². The number of rotatable bonds is 6. The Balaban J connectivity index is 1.80. The quantitative estimate of drug-likeness (QED) is 0.850. The predicted octanol–water partition coefficient (Wildman–Crippen LogP) is 3.30. The van der Waals surface area contributed by atoms with Crippen LogP contribution in [0.15, 0.2) is 48.5 Å². The molecule has 0 spiro atoms. The van der Waals surface area contributed by atoms with Crippen molar-refractivity contribution in [3.63, 3.8) is 0 Å². The first-order valence-electron chi connectivity index (χ1n) is 9.42. The Labute approximate surface area is 161 Å². The highest BCUT2D eigenvalue weighted by molar-refractivity contribution is 5.95. The van der Waals surface area contributed by atoms with E-state index in [1.165, 1.54) is 5.56 Å². The van der Waals surface area contributed by atoms with Gasteiger partial charge in [0.25, 0.3) is 5.91 Å². The first kappa shape index (κ1) is 19.2. The highest BCUT2D eigenvalue weighted by atomic mass is 16.5. The molecule has 5 heteroatoms. The second-order valence-corrected chi connectivity index (χ2v) is 7.26. The maximum atomic E-state index is 13.1. The van der Waals surface area contributed by atoms with Gasteiger partial charge in [0.05, 0.1) is 13.2 Å². The number of ether oxygens (including phenoxy) is 2. The average Bonchev–Trinajstić information content (AvgIpc) is 3.12. The molecule has 0 aliphatic carbocycles. The summed E-state index contributed by atoms with van der Waals surface area (Å²) in [5, 5.41) is 0. The molecule has 2 atom stereocenters. The summed E-state index contributed by atoms with van der Waals surface area (Å²) < 4.78 is 11.2. The van der Waals surface area contributed by atoms with E-state index in [-0.39, 0.29) is 23.8 Å². The summed E-state index contributed by atoms with van der Waals surface area (Å²) in [5.74, 6) is 1.75. The van der Waals surface area contributed by atoms with Crippen molar-refractivity contribution in [3.05, 3.63) is 59.7 Å². The third-order valence-corrected chi connectivity index (χ3v) is 5.03. The molecule has 1 saturated heterocycles.